The molecule has 2 aromatic rings. The van der Waals surface area contributed by atoms with E-state index in [9.17, 15) is 9.18 Å². The number of carbonyl (C=O) groups excluding carboxylic acids is 1. The Bertz CT molecular complexity index is 692. The van der Waals surface area contributed by atoms with Gasteiger partial charge in [0.2, 0.25) is 0 Å². The lowest BCUT2D eigenvalue weighted by atomic mass is 9.87. The molecule has 1 N–H and O–H groups in total. The van der Waals surface area contributed by atoms with Crippen LogP contribution >= 0.6 is 11.6 Å². The van der Waals surface area contributed by atoms with Crippen molar-refractivity contribution in [2.45, 2.75) is 25.3 Å². The normalized spacial score (nSPS) is 17.1. The van der Waals surface area contributed by atoms with Gasteiger partial charge in [-0.3, -0.25) is 4.79 Å². The van der Waals surface area contributed by atoms with Crippen molar-refractivity contribution in [2.24, 2.45) is 0 Å². The number of hydrogen-bond donors (Lipinski definition) is 1. The molecule has 4 nitrogen and oxygen atoms in total. The number of rotatable bonds is 2. The lowest BCUT2D eigenvalue weighted by molar-refractivity contribution is 0.0927. The molecule has 108 valence electrons. The van der Waals surface area contributed by atoms with Gasteiger partial charge in [0.05, 0.1) is 11.1 Å². The van der Waals surface area contributed by atoms with Crippen LogP contribution in [0.3, 0.4) is 0 Å². The van der Waals surface area contributed by atoms with Crippen LogP contribution in [0.5, 0.6) is 0 Å². The van der Waals surface area contributed by atoms with Crippen LogP contribution in [-0.2, 0) is 6.42 Å². The molecule has 1 aliphatic carbocycles. The number of carbonyl (C=O) groups is 1. The summed E-state index contributed by atoms with van der Waals surface area (Å²) in [4.78, 5) is 19.9. The standard InChI is InChI=1S/C15H13ClFN3O/c16-12-7-18-8-19-14(12)15(21)20-13-3-1-2-9-6-10(17)4-5-11(9)13/h4-8,13H,1-3H2,(H,20,21). The molecule has 0 spiro atoms. The van der Waals surface area contributed by atoms with E-state index in [1.807, 2.05) is 0 Å². The summed E-state index contributed by atoms with van der Waals surface area (Å²) in [6.07, 6.45) is 5.21. The van der Waals surface area contributed by atoms with Crippen LogP contribution in [0.15, 0.2) is 30.7 Å². The second-order valence-corrected chi connectivity index (χ2v) is 5.39. The Hall–Kier alpha value is -2.01. The number of amides is 1. The van der Waals surface area contributed by atoms with Crippen molar-refractivity contribution in [3.05, 3.63) is 58.4 Å². The zero-order valence-corrected chi connectivity index (χ0v) is 11.9. The van der Waals surface area contributed by atoms with Crippen molar-refractivity contribution in [3.8, 4) is 0 Å². The van der Waals surface area contributed by atoms with E-state index in [0.29, 0.717) is 0 Å². The maximum absolute atomic E-state index is 13.3. The minimum Gasteiger partial charge on any atom is -0.344 e. The van der Waals surface area contributed by atoms with E-state index in [4.69, 9.17) is 11.6 Å². The van der Waals surface area contributed by atoms with Gasteiger partial charge < -0.3 is 5.32 Å². The Balaban J connectivity index is 1.84. The van der Waals surface area contributed by atoms with Gasteiger partial charge in [0.1, 0.15) is 17.8 Å². The summed E-state index contributed by atoms with van der Waals surface area (Å²) >= 11 is 5.92. The van der Waals surface area contributed by atoms with E-state index in [1.165, 1.54) is 24.7 Å². The van der Waals surface area contributed by atoms with E-state index < -0.39 is 0 Å². The highest BCUT2D eigenvalue weighted by Gasteiger charge is 2.23. The van der Waals surface area contributed by atoms with E-state index in [-0.39, 0.29) is 28.5 Å². The largest absolute Gasteiger partial charge is 0.344 e. The van der Waals surface area contributed by atoms with Gasteiger partial charge in [-0.25, -0.2) is 14.4 Å². The van der Waals surface area contributed by atoms with Crippen LogP contribution in [0.1, 0.15) is 40.5 Å². The summed E-state index contributed by atoms with van der Waals surface area (Å²) in [6.45, 7) is 0. The highest BCUT2D eigenvalue weighted by atomic mass is 35.5. The Morgan fingerprint density at radius 1 is 1.43 bits per heavy atom. The molecule has 1 atom stereocenters. The number of benzene rings is 1. The fraction of sp³-hybridized carbons (Fsp3) is 0.267. The van der Waals surface area contributed by atoms with Crippen LogP contribution in [0.4, 0.5) is 4.39 Å². The summed E-state index contributed by atoms with van der Waals surface area (Å²) in [5.41, 5.74) is 2.06. The van der Waals surface area contributed by atoms with Crippen LogP contribution in [-0.4, -0.2) is 15.9 Å². The summed E-state index contributed by atoms with van der Waals surface area (Å²) in [6, 6.07) is 4.54. The second kappa shape index (κ2) is 5.77. The Morgan fingerprint density at radius 3 is 3.10 bits per heavy atom. The van der Waals surface area contributed by atoms with E-state index in [0.717, 1.165) is 30.4 Å². The molecule has 1 unspecified atom stereocenters. The second-order valence-electron chi connectivity index (χ2n) is 4.98. The van der Waals surface area contributed by atoms with Crippen molar-refractivity contribution in [3.63, 3.8) is 0 Å². The third-order valence-electron chi connectivity index (χ3n) is 3.61. The van der Waals surface area contributed by atoms with E-state index in [1.54, 1.807) is 6.07 Å². The molecular weight excluding hydrogens is 293 g/mol. The van der Waals surface area contributed by atoms with Gasteiger partial charge in [-0.2, -0.15) is 0 Å². The minimum absolute atomic E-state index is 0.145. The van der Waals surface area contributed by atoms with Gasteiger partial charge in [-0.15, -0.1) is 0 Å². The molecule has 0 saturated carbocycles. The Labute approximate surface area is 126 Å². The zero-order chi connectivity index (χ0) is 14.8. The van der Waals surface area contributed by atoms with Gasteiger partial charge in [0, 0.05) is 6.20 Å². The van der Waals surface area contributed by atoms with Crippen molar-refractivity contribution in [2.75, 3.05) is 0 Å². The third kappa shape index (κ3) is 2.88. The van der Waals surface area contributed by atoms with Crippen molar-refractivity contribution < 1.29 is 9.18 Å². The molecule has 1 aliphatic rings. The van der Waals surface area contributed by atoms with Gasteiger partial charge in [0.25, 0.3) is 5.91 Å². The summed E-state index contributed by atoms with van der Waals surface area (Å²) in [5, 5.41) is 3.13. The van der Waals surface area contributed by atoms with Gasteiger partial charge >= 0.3 is 0 Å². The molecule has 0 bridgehead atoms. The molecule has 3 rings (SSSR count). The molecule has 1 amide bonds. The van der Waals surface area contributed by atoms with Crippen LogP contribution < -0.4 is 5.32 Å². The molecule has 1 heterocycles. The molecule has 1 aromatic carbocycles. The van der Waals surface area contributed by atoms with Gasteiger partial charge in [0.15, 0.2) is 0 Å². The number of hydrogen-bond acceptors (Lipinski definition) is 3. The SMILES string of the molecule is O=C(NC1CCCc2cc(F)ccc21)c1ncncc1Cl. The number of nitrogens with zero attached hydrogens (tertiary/aromatic N) is 2. The highest BCUT2D eigenvalue weighted by molar-refractivity contribution is 6.33. The first-order valence-corrected chi connectivity index (χ1v) is 7.07. The van der Waals surface area contributed by atoms with E-state index in [2.05, 4.69) is 15.3 Å². The molecule has 21 heavy (non-hydrogen) atoms. The fourth-order valence-corrected chi connectivity index (χ4v) is 2.83. The molecule has 1 aromatic heterocycles. The lowest BCUT2D eigenvalue weighted by Crippen LogP contribution is -2.31. The Morgan fingerprint density at radius 2 is 2.29 bits per heavy atom. The highest BCUT2D eigenvalue weighted by Crippen LogP contribution is 2.30. The number of halogens is 2. The number of nitrogens with one attached hydrogen (secondary N) is 1. The van der Waals surface area contributed by atoms with Crippen LogP contribution in [0, 0.1) is 5.82 Å². The molecular formula is C15H13ClFN3O. The first-order chi connectivity index (χ1) is 10.1. The Kier molecular flexibility index (Phi) is 3.84. The summed E-state index contributed by atoms with van der Waals surface area (Å²) in [7, 11) is 0. The van der Waals surface area contributed by atoms with Gasteiger partial charge in [-0.1, -0.05) is 17.7 Å². The predicted octanol–water partition coefficient (Wildman–Crippen LogP) is 3.08. The van der Waals surface area contributed by atoms with Gasteiger partial charge in [-0.05, 0) is 42.5 Å². The molecule has 0 saturated heterocycles. The average Bonchev–Trinajstić information content (AvgIpc) is 2.47. The molecule has 0 radical (unpaired) electrons. The predicted molar refractivity (Wildman–Crippen MR) is 76.6 cm³/mol. The van der Waals surface area contributed by atoms with E-state index >= 15 is 0 Å². The smallest absolute Gasteiger partial charge is 0.272 e. The maximum Gasteiger partial charge on any atom is 0.272 e. The first kappa shape index (κ1) is 13.9. The average molecular weight is 306 g/mol. The van der Waals surface area contributed by atoms with Crippen molar-refractivity contribution >= 4 is 17.5 Å². The number of aryl methyl sites for hydroxylation is 1. The van der Waals surface area contributed by atoms with Crippen LogP contribution in [0.2, 0.25) is 5.02 Å². The fourth-order valence-electron chi connectivity index (χ4n) is 2.64. The number of fused-ring (bicyclic) bond motifs is 1. The number of aromatic nitrogens is 2. The minimum atomic E-state index is -0.343. The maximum atomic E-state index is 13.3. The molecule has 6 heteroatoms. The van der Waals surface area contributed by atoms with Crippen LogP contribution in [0.25, 0.3) is 0 Å². The third-order valence-corrected chi connectivity index (χ3v) is 3.88. The lowest BCUT2D eigenvalue weighted by Gasteiger charge is -2.26. The zero-order valence-electron chi connectivity index (χ0n) is 11.1. The molecule has 0 aliphatic heterocycles. The summed E-state index contributed by atoms with van der Waals surface area (Å²) in [5.74, 6) is -0.593. The first-order valence-electron chi connectivity index (χ1n) is 6.70. The quantitative estimate of drug-likeness (QED) is 0.927. The molecule has 0 fully saturated rings. The van der Waals surface area contributed by atoms with Crippen molar-refractivity contribution in [1.82, 2.24) is 15.3 Å². The summed E-state index contributed by atoms with van der Waals surface area (Å²) < 4.78 is 13.3. The topological polar surface area (TPSA) is 54.9 Å². The van der Waals surface area contributed by atoms with Crippen molar-refractivity contribution in [1.29, 1.82) is 0 Å². The monoisotopic (exact) mass is 305 g/mol.